The fourth-order valence-electron chi connectivity index (χ4n) is 2.47. The average Bonchev–Trinajstić information content (AvgIpc) is 2.59. The minimum absolute atomic E-state index is 0.177. The first-order valence-corrected chi connectivity index (χ1v) is 7.62. The van der Waals surface area contributed by atoms with Crippen molar-refractivity contribution in [3.8, 4) is 0 Å². The molecule has 2 aromatic carbocycles. The van der Waals surface area contributed by atoms with Gasteiger partial charge in [-0.15, -0.1) is 11.8 Å². The third-order valence-electron chi connectivity index (χ3n) is 3.65. The van der Waals surface area contributed by atoms with Crippen LogP contribution in [0.25, 0.3) is 0 Å². The molecule has 0 radical (unpaired) electrons. The number of benzene rings is 2. The minimum atomic E-state index is 0.177. The molecule has 2 nitrogen and oxygen atoms in total. The molecule has 0 saturated heterocycles. The molecule has 102 valence electrons. The Hall–Kier alpha value is -1.74. The fourth-order valence-corrected chi connectivity index (χ4v) is 3.76. The molecule has 0 bridgehead atoms. The number of nitrogens with zero attached hydrogens (tertiary/aromatic N) is 1. The fraction of sp³-hybridized carbons (Fsp3) is 0.235. The predicted octanol–water partition coefficient (Wildman–Crippen LogP) is 4.19. The van der Waals surface area contributed by atoms with Crippen LogP contribution in [0.15, 0.2) is 53.4 Å². The van der Waals surface area contributed by atoms with E-state index in [1.165, 1.54) is 16.0 Å². The number of amides is 1. The van der Waals surface area contributed by atoms with Gasteiger partial charge in [0.2, 0.25) is 5.91 Å². The molecule has 0 fully saturated rings. The van der Waals surface area contributed by atoms with Crippen LogP contribution in [0.1, 0.15) is 22.8 Å². The Kier molecular flexibility index (Phi) is 3.53. The molecule has 1 aliphatic rings. The molecule has 0 N–H and O–H groups in total. The van der Waals surface area contributed by atoms with Gasteiger partial charge in [-0.05, 0) is 30.2 Å². The van der Waals surface area contributed by atoms with Gasteiger partial charge >= 0.3 is 0 Å². The van der Waals surface area contributed by atoms with Gasteiger partial charge in [-0.1, -0.05) is 36.4 Å². The monoisotopic (exact) mass is 283 g/mol. The van der Waals surface area contributed by atoms with Gasteiger partial charge < -0.3 is 4.90 Å². The molecule has 3 heteroatoms. The molecule has 0 aromatic heterocycles. The van der Waals surface area contributed by atoms with E-state index in [4.69, 9.17) is 0 Å². The summed E-state index contributed by atoms with van der Waals surface area (Å²) < 4.78 is 0. The highest BCUT2D eigenvalue weighted by Gasteiger charge is 2.27. The Morgan fingerprint density at radius 1 is 1.15 bits per heavy atom. The van der Waals surface area contributed by atoms with Gasteiger partial charge in [-0.25, -0.2) is 0 Å². The summed E-state index contributed by atoms with van der Waals surface area (Å²) in [5.41, 5.74) is 3.42. The number of anilines is 1. The quantitative estimate of drug-likeness (QED) is 0.782. The molecule has 20 heavy (non-hydrogen) atoms. The molecule has 0 aliphatic carbocycles. The van der Waals surface area contributed by atoms with Gasteiger partial charge in [0.25, 0.3) is 0 Å². The van der Waals surface area contributed by atoms with Gasteiger partial charge in [-0.2, -0.15) is 0 Å². The van der Waals surface area contributed by atoms with E-state index in [2.05, 4.69) is 37.3 Å². The number of rotatable bonds is 1. The summed E-state index contributed by atoms with van der Waals surface area (Å²) in [6.45, 7) is 2.06. The number of aryl methyl sites for hydroxylation is 1. The van der Waals surface area contributed by atoms with Gasteiger partial charge in [0.15, 0.2) is 0 Å². The molecule has 1 amide bonds. The summed E-state index contributed by atoms with van der Waals surface area (Å²) in [5, 5.41) is 0.190. The summed E-state index contributed by atoms with van der Waals surface area (Å²) in [7, 11) is 1.87. The van der Waals surface area contributed by atoms with Gasteiger partial charge in [0, 0.05) is 23.6 Å². The smallest absolute Gasteiger partial charge is 0.228 e. The van der Waals surface area contributed by atoms with Crippen molar-refractivity contribution < 1.29 is 4.79 Å². The second-order valence-electron chi connectivity index (χ2n) is 5.15. The molecule has 1 heterocycles. The lowest BCUT2D eigenvalue weighted by molar-refractivity contribution is -0.118. The number of carbonyl (C=O) groups excluding carboxylic acids is 1. The maximum absolute atomic E-state index is 12.4. The standard InChI is InChI=1S/C17H17NOS/c1-12-8-9-15-14(10-12)18(2)17(19)11-16(20-15)13-6-4-3-5-7-13/h3-10,16H,11H2,1-2H3. The zero-order valence-corrected chi connectivity index (χ0v) is 12.5. The molecule has 1 unspecified atom stereocenters. The Labute approximate surface area is 123 Å². The largest absolute Gasteiger partial charge is 0.314 e. The third-order valence-corrected chi connectivity index (χ3v) is 4.97. The normalized spacial score (nSPS) is 18.6. The van der Waals surface area contributed by atoms with Crippen LogP contribution in [0.4, 0.5) is 5.69 Å². The first-order chi connectivity index (χ1) is 9.65. The van der Waals surface area contributed by atoms with Crippen molar-refractivity contribution in [1.82, 2.24) is 0 Å². The Morgan fingerprint density at radius 2 is 1.90 bits per heavy atom. The second-order valence-corrected chi connectivity index (χ2v) is 6.39. The first-order valence-electron chi connectivity index (χ1n) is 6.74. The van der Waals surface area contributed by atoms with E-state index in [9.17, 15) is 4.79 Å². The highest BCUT2D eigenvalue weighted by molar-refractivity contribution is 7.99. The van der Waals surface area contributed by atoms with Crippen molar-refractivity contribution in [2.24, 2.45) is 0 Å². The second kappa shape index (κ2) is 5.33. The van der Waals surface area contributed by atoms with E-state index in [1.54, 1.807) is 16.7 Å². The molecule has 1 atom stereocenters. The molecule has 2 aromatic rings. The Morgan fingerprint density at radius 3 is 2.65 bits per heavy atom. The Balaban J connectivity index is 2.03. The van der Waals surface area contributed by atoms with Crippen LogP contribution in [0, 0.1) is 6.92 Å². The highest BCUT2D eigenvalue weighted by atomic mass is 32.2. The van der Waals surface area contributed by atoms with Crippen LogP contribution in [-0.4, -0.2) is 13.0 Å². The average molecular weight is 283 g/mol. The van der Waals surface area contributed by atoms with Crippen molar-refractivity contribution in [3.05, 3.63) is 59.7 Å². The molecular formula is C17H17NOS. The summed E-state index contributed by atoms with van der Waals surface area (Å²) in [6, 6.07) is 16.6. The van der Waals surface area contributed by atoms with Crippen LogP contribution in [-0.2, 0) is 4.79 Å². The molecule has 0 saturated carbocycles. The van der Waals surface area contributed by atoms with E-state index < -0.39 is 0 Å². The number of fused-ring (bicyclic) bond motifs is 1. The lowest BCUT2D eigenvalue weighted by Gasteiger charge is -2.17. The summed E-state index contributed by atoms with van der Waals surface area (Å²) in [6.07, 6.45) is 0.541. The molecule has 3 rings (SSSR count). The zero-order chi connectivity index (χ0) is 14.1. The highest BCUT2D eigenvalue weighted by Crippen LogP contribution is 2.45. The van der Waals surface area contributed by atoms with E-state index in [-0.39, 0.29) is 11.2 Å². The zero-order valence-electron chi connectivity index (χ0n) is 11.7. The van der Waals surface area contributed by atoms with Gasteiger partial charge in [0.05, 0.1) is 5.69 Å². The van der Waals surface area contributed by atoms with E-state index in [1.807, 2.05) is 25.2 Å². The number of thioether (sulfide) groups is 1. The van der Waals surface area contributed by atoms with Crippen molar-refractivity contribution in [3.63, 3.8) is 0 Å². The third kappa shape index (κ3) is 2.46. The SMILES string of the molecule is Cc1ccc2c(c1)N(C)C(=O)CC(c1ccccc1)S2. The van der Waals surface area contributed by atoms with E-state index >= 15 is 0 Å². The lowest BCUT2D eigenvalue weighted by atomic mass is 10.1. The van der Waals surface area contributed by atoms with Gasteiger partial charge in [0.1, 0.15) is 0 Å². The van der Waals surface area contributed by atoms with Crippen LogP contribution in [0.5, 0.6) is 0 Å². The van der Waals surface area contributed by atoms with Crippen LogP contribution < -0.4 is 4.90 Å². The minimum Gasteiger partial charge on any atom is -0.314 e. The molecular weight excluding hydrogens is 266 g/mol. The van der Waals surface area contributed by atoms with Crippen molar-refractivity contribution >= 4 is 23.4 Å². The Bertz CT molecular complexity index is 639. The molecule has 0 spiro atoms. The van der Waals surface area contributed by atoms with Crippen molar-refractivity contribution in [2.45, 2.75) is 23.5 Å². The van der Waals surface area contributed by atoms with Gasteiger partial charge in [-0.3, -0.25) is 4.79 Å². The molecule has 1 aliphatic heterocycles. The van der Waals surface area contributed by atoms with E-state index in [0.29, 0.717) is 6.42 Å². The predicted molar refractivity (Wildman–Crippen MR) is 84.2 cm³/mol. The van der Waals surface area contributed by atoms with E-state index in [0.717, 1.165) is 5.69 Å². The number of carbonyl (C=O) groups is 1. The van der Waals surface area contributed by atoms with Crippen LogP contribution in [0.3, 0.4) is 0 Å². The summed E-state index contributed by atoms with van der Waals surface area (Å²) in [4.78, 5) is 15.4. The van der Waals surface area contributed by atoms with Crippen LogP contribution in [0.2, 0.25) is 0 Å². The van der Waals surface area contributed by atoms with Crippen LogP contribution >= 0.6 is 11.8 Å². The summed E-state index contributed by atoms with van der Waals surface area (Å²) in [5.74, 6) is 0.177. The lowest BCUT2D eigenvalue weighted by Crippen LogP contribution is -2.25. The maximum atomic E-state index is 12.4. The maximum Gasteiger partial charge on any atom is 0.228 e. The topological polar surface area (TPSA) is 20.3 Å². The first kappa shape index (κ1) is 13.3. The van der Waals surface area contributed by atoms with Crippen molar-refractivity contribution in [1.29, 1.82) is 0 Å². The number of hydrogen-bond acceptors (Lipinski definition) is 2. The van der Waals surface area contributed by atoms with Crippen molar-refractivity contribution in [2.75, 3.05) is 11.9 Å². The number of hydrogen-bond donors (Lipinski definition) is 0. The summed E-state index contributed by atoms with van der Waals surface area (Å²) >= 11 is 1.78.